The van der Waals surface area contributed by atoms with Crippen molar-refractivity contribution < 1.29 is 0 Å². The highest BCUT2D eigenvalue weighted by Crippen LogP contribution is 2.26. The summed E-state index contributed by atoms with van der Waals surface area (Å²) in [7, 11) is 2.01. The van der Waals surface area contributed by atoms with Gasteiger partial charge in [-0.25, -0.2) is 15.0 Å². The molecule has 1 N–H and O–H groups in total. The Balaban J connectivity index is 1.39. The molecule has 27 heavy (non-hydrogen) atoms. The number of hydrogen-bond donors (Lipinski definition) is 1. The van der Waals surface area contributed by atoms with Crippen LogP contribution >= 0.6 is 0 Å². The minimum absolute atomic E-state index is 0.418. The van der Waals surface area contributed by atoms with Crippen LogP contribution in [0.4, 0.5) is 11.6 Å². The number of anilines is 2. The first-order chi connectivity index (χ1) is 13.2. The van der Waals surface area contributed by atoms with Gasteiger partial charge in [-0.1, -0.05) is 6.07 Å². The molecule has 0 aliphatic carbocycles. The molecule has 1 aliphatic heterocycles. The lowest BCUT2D eigenvalue weighted by atomic mass is 9.95. The zero-order valence-electron chi connectivity index (χ0n) is 15.8. The highest BCUT2D eigenvalue weighted by atomic mass is 15.2. The summed E-state index contributed by atoms with van der Waals surface area (Å²) in [6.45, 7) is 4.97. The number of hydrogen-bond acceptors (Lipinski definition) is 6. The fourth-order valence-corrected chi connectivity index (χ4v) is 3.58. The van der Waals surface area contributed by atoms with Crippen LogP contribution < -0.4 is 5.32 Å². The van der Waals surface area contributed by atoms with E-state index in [-0.39, 0.29) is 0 Å². The van der Waals surface area contributed by atoms with Gasteiger partial charge in [-0.3, -0.25) is 9.88 Å². The van der Waals surface area contributed by atoms with Crippen molar-refractivity contribution in [2.24, 2.45) is 7.05 Å². The van der Waals surface area contributed by atoms with Gasteiger partial charge in [-0.2, -0.15) is 0 Å². The summed E-state index contributed by atoms with van der Waals surface area (Å²) < 4.78 is 2.00. The fraction of sp³-hybridized carbons (Fsp3) is 0.400. The van der Waals surface area contributed by atoms with Crippen LogP contribution in [0, 0.1) is 6.92 Å². The Hall–Kier alpha value is -2.80. The zero-order chi connectivity index (χ0) is 18.6. The number of aromatic nitrogens is 5. The molecule has 0 amide bonds. The molecule has 1 saturated heterocycles. The van der Waals surface area contributed by atoms with Gasteiger partial charge in [0, 0.05) is 37.9 Å². The van der Waals surface area contributed by atoms with E-state index in [0.29, 0.717) is 5.92 Å². The molecule has 1 atom stereocenters. The average Bonchev–Trinajstić information content (AvgIpc) is 3.07. The summed E-state index contributed by atoms with van der Waals surface area (Å²) >= 11 is 0. The molecule has 4 heterocycles. The lowest BCUT2D eigenvalue weighted by Gasteiger charge is -2.31. The van der Waals surface area contributed by atoms with E-state index in [1.807, 2.05) is 49.3 Å². The third-order valence-corrected chi connectivity index (χ3v) is 4.88. The van der Waals surface area contributed by atoms with Gasteiger partial charge in [-0.15, -0.1) is 0 Å². The number of imidazole rings is 1. The Labute approximate surface area is 159 Å². The molecule has 0 saturated carbocycles. The Morgan fingerprint density at radius 3 is 2.81 bits per heavy atom. The van der Waals surface area contributed by atoms with E-state index in [2.05, 4.69) is 36.3 Å². The van der Waals surface area contributed by atoms with Crippen molar-refractivity contribution in [3.05, 3.63) is 60.2 Å². The van der Waals surface area contributed by atoms with Crippen molar-refractivity contribution in [2.45, 2.75) is 32.2 Å². The smallest absolute Gasteiger partial charge is 0.150 e. The third-order valence-electron chi connectivity index (χ3n) is 4.88. The first kappa shape index (κ1) is 17.6. The van der Waals surface area contributed by atoms with E-state index in [4.69, 9.17) is 0 Å². The number of piperidine rings is 1. The van der Waals surface area contributed by atoms with Gasteiger partial charge in [0.25, 0.3) is 0 Å². The predicted molar refractivity (Wildman–Crippen MR) is 105 cm³/mol. The van der Waals surface area contributed by atoms with Crippen LogP contribution in [0.3, 0.4) is 0 Å². The van der Waals surface area contributed by atoms with Crippen LogP contribution in [-0.4, -0.2) is 42.5 Å². The molecule has 0 spiro atoms. The van der Waals surface area contributed by atoms with Crippen LogP contribution in [0.2, 0.25) is 0 Å². The van der Waals surface area contributed by atoms with Crippen molar-refractivity contribution in [1.82, 2.24) is 29.4 Å². The van der Waals surface area contributed by atoms with Crippen LogP contribution in [0.25, 0.3) is 0 Å². The minimum atomic E-state index is 0.418. The monoisotopic (exact) mass is 363 g/mol. The number of aryl methyl sites for hydroxylation is 2. The lowest BCUT2D eigenvalue weighted by molar-refractivity contribution is 0.196. The predicted octanol–water partition coefficient (Wildman–Crippen LogP) is 3.04. The first-order valence-electron chi connectivity index (χ1n) is 9.37. The summed E-state index contributed by atoms with van der Waals surface area (Å²) in [4.78, 5) is 20.6. The summed E-state index contributed by atoms with van der Waals surface area (Å²) in [5.74, 6) is 1.93. The molecule has 4 rings (SSSR count). The van der Waals surface area contributed by atoms with Gasteiger partial charge < -0.3 is 9.88 Å². The standard InChI is InChI=1S/C20H25N7/c1-15-5-3-7-19(24-15)25-20-10-21-18(9-22-20)16-6-4-8-27(11-16)13-17-12-26(2)14-23-17/h3,5,7,9-10,12,14,16H,4,6,8,11,13H2,1-2H3,(H,22,24,25)/t16-/m0/s1. The number of nitrogens with one attached hydrogen (secondary N) is 1. The van der Waals surface area contributed by atoms with E-state index in [1.165, 1.54) is 6.42 Å². The van der Waals surface area contributed by atoms with E-state index >= 15 is 0 Å². The molecule has 0 bridgehead atoms. The average molecular weight is 363 g/mol. The van der Waals surface area contributed by atoms with Crippen LogP contribution in [0.1, 0.15) is 35.8 Å². The van der Waals surface area contributed by atoms with E-state index in [9.17, 15) is 0 Å². The maximum atomic E-state index is 4.67. The maximum absolute atomic E-state index is 4.67. The van der Waals surface area contributed by atoms with Gasteiger partial charge in [0.2, 0.25) is 0 Å². The second-order valence-corrected chi connectivity index (χ2v) is 7.22. The van der Waals surface area contributed by atoms with E-state index < -0.39 is 0 Å². The molecule has 0 radical (unpaired) electrons. The molecule has 0 unspecified atom stereocenters. The second-order valence-electron chi connectivity index (χ2n) is 7.22. The molecule has 0 aromatic carbocycles. The first-order valence-corrected chi connectivity index (χ1v) is 9.37. The molecule has 7 heteroatoms. The lowest BCUT2D eigenvalue weighted by Crippen LogP contribution is -2.34. The molecular weight excluding hydrogens is 338 g/mol. The normalized spacial score (nSPS) is 17.8. The molecule has 3 aromatic rings. The molecule has 140 valence electrons. The maximum Gasteiger partial charge on any atom is 0.150 e. The number of nitrogens with zero attached hydrogens (tertiary/aromatic N) is 6. The third kappa shape index (κ3) is 4.49. The van der Waals surface area contributed by atoms with Gasteiger partial charge in [-0.05, 0) is 38.4 Å². The summed E-state index contributed by atoms with van der Waals surface area (Å²) in [6.07, 6.45) is 9.97. The van der Waals surface area contributed by atoms with Crippen molar-refractivity contribution >= 4 is 11.6 Å². The largest absolute Gasteiger partial charge is 0.340 e. The highest BCUT2D eigenvalue weighted by molar-refractivity contribution is 5.50. The van der Waals surface area contributed by atoms with Gasteiger partial charge >= 0.3 is 0 Å². The van der Waals surface area contributed by atoms with Crippen LogP contribution in [-0.2, 0) is 13.6 Å². The number of likely N-dealkylation sites (tertiary alicyclic amines) is 1. The highest BCUT2D eigenvalue weighted by Gasteiger charge is 2.23. The quantitative estimate of drug-likeness (QED) is 0.751. The molecule has 1 aliphatic rings. The Bertz CT molecular complexity index is 887. The minimum Gasteiger partial charge on any atom is -0.340 e. The van der Waals surface area contributed by atoms with Crippen molar-refractivity contribution in [3.63, 3.8) is 0 Å². The molecular formula is C20H25N7. The van der Waals surface area contributed by atoms with Gasteiger partial charge in [0.1, 0.15) is 11.6 Å². The van der Waals surface area contributed by atoms with Crippen molar-refractivity contribution in [3.8, 4) is 0 Å². The second kappa shape index (κ2) is 7.84. The van der Waals surface area contributed by atoms with Crippen molar-refractivity contribution in [1.29, 1.82) is 0 Å². The van der Waals surface area contributed by atoms with Gasteiger partial charge in [0.05, 0.1) is 30.1 Å². The summed E-state index contributed by atoms with van der Waals surface area (Å²) in [5, 5.41) is 3.21. The summed E-state index contributed by atoms with van der Waals surface area (Å²) in [6, 6.07) is 5.88. The Kier molecular flexibility index (Phi) is 5.11. The number of pyridine rings is 1. The van der Waals surface area contributed by atoms with Crippen LogP contribution in [0.15, 0.2) is 43.1 Å². The zero-order valence-corrected chi connectivity index (χ0v) is 15.8. The topological polar surface area (TPSA) is 71.8 Å². The molecule has 1 fully saturated rings. The molecule has 7 nitrogen and oxygen atoms in total. The fourth-order valence-electron chi connectivity index (χ4n) is 3.58. The Morgan fingerprint density at radius 1 is 1.15 bits per heavy atom. The van der Waals surface area contributed by atoms with E-state index in [1.54, 1.807) is 6.20 Å². The SMILES string of the molecule is Cc1cccc(Nc2cnc([C@H]3CCCN(Cc4cn(C)cn4)C3)cn2)n1. The number of rotatable bonds is 5. The Morgan fingerprint density at radius 2 is 2.07 bits per heavy atom. The van der Waals surface area contributed by atoms with Crippen molar-refractivity contribution in [2.75, 3.05) is 18.4 Å². The van der Waals surface area contributed by atoms with E-state index in [0.717, 1.165) is 54.8 Å². The van der Waals surface area contributed by atoms with Crippen LogP contribution in [0.5, 0.6) is 0 Å². The molecule has 3 aromatic heterocycles. The summed E-state index contributed by atoms with van der Waals surface area (Å²) in [5.41, 5.74) is 3.15. The van der Waals surface area contributed by atoms with Gasteiger partial charge in [0.15, 0.2) is 0 Å².